The van der Waals surface area contributed by atoms with E-state index in [1.807, 2.05) is 0 Å². The number of benzene rings is 1. The average Bonchev–Trinajstić information content (AvgIpc) is 2.85. The maximum atomic E-state index is 10.8. The first-order chi connectivity index (χ1) is 8.66. The fourth-order valence-corrected chi connectivity index (χ4v) is 1.50. The van der Waals surface area contributed by atoms with E-state index in [2.05, 4.69) is 9.99 Å². The summed E-state index contributed by atoms with van der Waals surface area (Å²) in [7, 11) is 0. The van der Waals surface area contributed by atoms with E-state index in [1.165, 1.54) is 13.2 Å². The minimum absolute atomic E-state index is 0.437. The Hall–Kier alpha value is -2.07. The van der Waals surface area contributed by atoms with Crippen LogP contribution in [0.5, 0.6) is 0 Å². The highest BCUT2D eigenvalue weighted by atomic mass is 35.5. The van der Waals surface area contributed by atoms with E-state index in [-0.39, 0.29) is 0 Å². The minimum atomic E-state index is -0.493. The van der Waals surface area contributed by atoms with Crippen LogP contribution in [0.15, 0.2) is 52.2 Å². The highest BCUT2D eigenvalue weighted by Crippen LogP contribution is 2.15. The summed E-state index contributed by atoms with van der Waals surface area (Å²) < 4.78 is 5.26. The van der Waals surface area contributed by atoms with Crippen molar-refractivity contribution < 1.29 is 14.0 Å². The van der Waals surface area contributed by atoms with Gasteiger partial charge >= 0.3 is 5.97 Å². The van der Waals surface area contributed by atoms with E-state index in [9.17, 15) is 4.79 Å². The lowest BCUT2D eigenvalue weighted by atomic mass is 10.1. The predicted molar refractivity (Wildman–Crippen MR) is 67.6 cm³/mol. The van der Waals surface area contributed by atoms with Gasteiger partial charge in [0.2, 0.25) is 0 Å². The van der Waals surface area contributed by atoms with Crippen molar-refractivity contribution in [3.05, 3.63) is 59.0 Å². The van der Waals surface area contributed by atoms with Gasteiger partial charge in [0.15, 0.2) is 11.5 Å². The SMILES string of the molecule is CC(=O)O/N=C(/c1ccc(Cl)cc1)c1ccco1. The summed E-state index contributed by atoms with van der Waals surface area (Å²) in [4.78, 5) is 15.5. The van der Waals surface area contributed by atoms with Crippen LogP contribution in [0, 0.1) is 0 Å². The van der Waals surface area contributed by atoms with E-state index >= 15 is 0 Å². The lowest BCUT2D eigenvalue weighted by Crippen LogP contribution is -2.04. The van der Waals surface area contributed by atoms with E-state index < -0.39 is 5.97 Å². The lowest BCUT2D eigenvalue weighted by Gasteiger charge is -2.03. The standard InChI is InChI=1S/C13H10ClNO3/c1-9(16)18-15-13(12-3-2-8-17-12)10-4-6-11(14)7-5-10/h2-8H,1H3/b15-13-. The number of hydrogen-bond acceptors (Lipinski definition) is 4. The van der Waals surface area contributed by atoms with Crippen LogP contribution < -0.4 is 0 Å². The third kappa shape index (κ3) is 2.99. The van der Waals surface area contributed by atoms with Gasteiger partial charge in [0, 0.05) is 17.5 Å². The Morgan fingerprint density at radius 2 is 2.00 bits per heavy atom. The maximum absolute atomic E-state index is 10.8. The summed E-state index contributed by atoms with van der Waals surface area (Å²) in [5.74, 6) is 0.0200. The molecule has 0 aliphatic carbocycles. The summed E-state index contributed by atoms with van der Waals surface area (Å²) in [5.41, 5.74) is 1.18. The van der Waals surface area contributed by atoms with Gasteiger partial charge in [0.05, 0.1) is 6.26 Å². The Labute approximate surface area is 109 Å². The molecule has 2 rings (SSSR count). The molecule has 0 saturated carbocycles. The highest BCUT2D eigenvalue weighted by Gasteiger charge is 2.11. The number of rotatable bonds is 3. The number of furan rings is 1. The van der Waals surface area contributed by atoms with E-state index in [0.717, 1.165) is 5.56 Å². The maximum Gasteiger partial charge on any atom is 0.332 e. The number of oxime groups is 1. The third-order valence-electron chi connectivity index (χ3n) is 2.14. The molecule has 0 fully saturated rings. The largest absolute Gasteiger partial charge is 0.463 e. The first-order valence-corrected chi connectivity index (χ1v) is 5.60. The van der Waals surface area contributed by atoms with E-state index in [1.54, 1.807) is 36.4 Å². The Morgan fingerprint density at radius 3 is 2.56 bits per heavy atom. The summed E-state index contributed by atoms with van der Waals surface area (Å²) in [5, 5.41) is 4.41. The van der Waals surface area contributed by atoms with Crippen LogP contribution >= 0.6 is 11.6 Å². The van der Waals surface area contributed by atoms with Crippen LogP contribution in [0.3, 0.4) is 0 Å². The lowest BCUT2D eigenvalue weighted by molar-refractivity contribution is -0.140. The molecule has 4 nitrogen and oxygen atoms in total. The van der Waals surface area contributed by atoms with Gasteiger partial charge in [-0.15, -0.1) is 0 Å². The van der Waals surface area contributed by atoms with Crippen LogP contribution in [0.25, 0.3) is 0 Å². The van der Waals surface area contributed by atoms with Crippen LogP contribution in [0.1, 0.15) is 18.2 Å². The summed E-state index contributed by atoms with van der Waals surface area (Å²) in [6.45, 7) is 1.28. The molecule has 2 aromatic rings. The van der Waals surface area contributed by atoms with Gasteiger partial charge in [-0.05, 0) is 24.3 Å². The molecule has 0 aliphatic heterocycles. The number of hydrogen-bond donors (Lipinski definition) is 0. The summed E-state index contributed by atoms with van der Waals surface area (Å²) >= 11 is 5.82. The van der Waals surface area contributed by atoms with Gasteiger partial charge in [-0.3, -0.25) is 0 Å². The van der Waals surface area contributed by atoms with Crippen LogP contribution in [0.4, 0.5) is 0 Å². The van der Waals surface area contributed by atoms with Gasteiger partial charge in [-0.1, -0.05) is 28.9 Å². The zero-order valence-electron chi connectivity index (χ0n) is 9.59. The Kier molecular flexibility index (Phi) is 3.79. The molecule has 1 aromatic carbocycles. The molecule has 18 heavy (non-hydrogen) atoms. The van der Waals surface area contributed by atoms with Crippen LogP contribution in [-0.2, 0) is 9.63 Å². The van der Waals surface area contributed by atoms with Gasteiger partial charge in [0.1, 0.15) is 0 Å². The van der Waals surface area contributed by atoms with Gasteiger partial charge < -0.3 is 9.25 Å². The second kappa shape index (κ2) is 5.51. The van der Waals surface area contributed by atoms with Crippen LogP contribution in [0.2, 0.25) is 5.02 Å². The minimum Gasteiger partial charge on any atom is -0.463 e. The quantitative estimate of drug-likeness (QED) is 0.485. The molecule has 5 heteroatoms. The summed E-state index contributed by atoms with van der Waals surface area (Å²) in [6.07, 6.45) is 1.52. The second-order valence-electron chi connectivity index (χ2n) is 3.51. The fraction of sp³-hybridized carbons (Fsp3) is 0.0769. The topological polar surface area (TPSA) is 51.8 Å². The van der Waals surface area contributed by atoms with Gasteiger partial charge in [0.25, 0.3) is 0 Å². The molecule has 1 heterocycles. The molecule has 0 unspecified atom stereocenters. The molecule has 92 valence electrons. The Balaban J connectivity index is 2.39. The first-order valence-electron chi connectivity index (χ1n) is 5.22. The predicted octanol–water partition coefficient (Wildman–Crippen LogP) is 3.25. The Bertz CT molecular complexity index is 558. The Morgan fingerprint density at radius 1 is 1.28 bits per heavy atom. The molecule has 1 aromatic heterocycles. The molecule has 0 N–H and O–H groups in total. The van der Waals surface area contributed by atoms with Crippen molar-refractivity contribution >= 4 is 23.3 Å². The number of carbonyl (C=O) groups is 1. The zero-order valence-corrected chi connectivity index (χ0v) is 10.3. The fourth-order valence-electron chi connectivity index (χ4n) is 1.37. The third-order valence-corrected chi connectivity index (χ3v) is 2.39. The highest BCUT2D eigenvalue weighted by molar-refractivity contribution is 6.30. The number of carbonyl (C=O) groups excluding carboxylic acids is 1. The van der Waals surface area contributed by atoms with Crippen molar-refractivity contribution in [2.24, 2.45) is 5.16 Å². The normalized spacial score (nSPS) is 11.3. The van der Waals surface area contributed by atoms with Gasteiger partial charge in [-0.2, -0.15) is 0 Å². The first kappa shape index (κ1) is 12.4. The molecule has 0 spiro atoms. The van der Waals surface area contributed by atoms with Crippen molar-refractivity contribution in [3.63, 3.8) is 0 Å². The molecule has 0 radical (unpaired) electrons. The van der Waals surface area contributed by atoms with Crippen molar-refractivity contribution in [2.75, 3.05) is 0 Å². The van der Waals surface area contributed by atoms with Gasteiger partial charge in [-0.25, -0.2) is 4.79 Å². The zero-order chi connectivity index (χ0) is 13.0. The molecule has 0 amide bonds. The monoisotopic (exact) mass is 263 g/mol. The van der Waals surface area contributed by atoms with Crippen molar-refractivity contribution in [2.45, 2.75) is 6.92 Å². The molecule has 0 saturated heterocycles. The van der Waals surface area contributed by atoms with E-state index in [0.29, 0.717) is 16.5 Å². The number of nitrogens with zero attached hydrogens (tertiary/aromatic N) is 1. The molecule has 0 aliphatic rings. The van der Waals surface area contributed by atoms with Crippen molar-refractivity contribution in [3.8, 4) is 0 Å². The smallest absolute Gasteiger partial charge is 0.332 e. The second-order valence-corrected chi connectivity index (χ2v) is 3.94. The van der Waals surface area contributed by atoms with Crippen LogP contribution in [-0.4, -0.2) is 11.7 Å². The van der Waals surface area contributed by atoms with E-state index in [4.69, 9.17) is 16.0 Å². The molecule has 0 bridgehead atoms. The molecular weight excluding hydrogens is 254 g/mol. The number of halogens is 1. The summed E-state index contributed by atoms with van der Waals surface area (Å²) in [6, 6.07) is 10.5. The average molecular weight is 264 g/mol. The van der Waals surface area contributed by atoms with Crippen molar-refractivity contribution in [1.82, 2.24) is 0 Å². The molecule has 0 atom stereocenters. The van der Waals surface area contributed by atoms with Crippen molar-refractivity contribution in [1.29, 1.82) is 0 Å². The molecular formula is C13H10ClNO3.